The number of nitrogens with one attached hydrogen (secondary N) is 2. The zero-order chi connectivity index (χ0) is 20.6. The lowest BCUT2D eigenvalue weighted by Crippen LogP contribution is -2.35. The summed E-state index contributed by atoms with van der Waals surface area (Å²) >= 11 is 0. The normalized spacial score (nSPS) is 12.3. The average molecular weight is 381 g/mol. The number of carbonyl (C=O) groups excluding carboxylic acids is 2. The Labute approximate surface area is 168 Å². The van der Waals surface area contributed by atoms with Crippen LogP contribution >= 0.6 is 0 Å². The van der Waals surface area contributed by atoms with Crippen LogP contribution in [0.5, 0.6) is 0 Å². The molecule has 4 heteroatoms. The maximum atomic E-state index is 12.2. The summed E-state index contributed by atoms with van der Waals surface area (Å²) in [6.07, 6.45) is 2.10. The van der Waals surface area contributed by atoms with Gasteiger partial charge in [-0.1, -0.05) is 63.2 Å². The second kappa shape index (κ2) is 10.1. The zero-order valence-corrected chi connectivity index (χ0v) is 17.4. The molecule has 0 aliphatic rings. The highest BCUT2D eigenvalue weighted by atomic mass is 16.2. The standard InChI is InChI=1S/C24H32N2O2/c1-18(10-11-19-8-6-5-7-9-19)26-22(27)16-17-25-23(28)20-12-14-21(15-13-20)24(2,3)4/h5-9,12-15,18H,10-11,16-17H2,1-4H3,(H,25,28)(H,26,27). The van der Waals surface area contributed by atoms with Crippen LogP contribution in [0.1, 0.15) is 62.0 Å². The average Bonchev–Trinajstić information content (AvgIpc) is 2.66. The van der Waals surface area contributed by atoms with Gasteiger partial charge in [0.05, 0.1) is 0 Å². The Morgan fingerprint density at radius 1 is 0.964 bits per heavy atom. The van der Waals surface area contributed by atoms with Gasteiger partial charge in [-0.3, -0.25) is 9.59 Å². The molecule has 0 saturated carbocycles. The van der Waals surface area contributed by atoms with Crippen molar-refractivity contribution < 1.29 is 9.59 Å². The highest BCUT2D eigenvalue weighted by Crippen LogP contribution is 2.22. The molecule has 2 aromatic rings. The fraction of sp³-hybridized carbons (Fsp3) is 0.417. The summed E-state index contributed by atoms with van der Waals surface area (Å²) in [6, 6.07) is 18.0. The van der Waals surface area contributed by atoms with Gasteiger partial charge in [-0.25, -0.2) is 0 Å². The number of benzene rings is 2. The van der Waals surface area contributed by atoms with Crippen molar-refractivity contribution in [2.75, 3.05) is 6.54 Å². The molecule has 1 atom stereocenters. The topological polar surface area (TPSA) is 58.2 Å². The highest BCUT2D eigenvalue weighted by molar-refractivity contribution is 5.94. The smallest absolute Gasteiger partial charge is 0.251 e. The predicted molar refractivity (Wildman–Crippen MR) is 114 cm³/mol. The molecule has 0 saturated heterocycles. The van der Waals surface area contributed by atoms with E-state index in [1.165, 1.54) is 11.1 Å². The Morgan fingerprint density at radius 3 is 2.21 bits per heavy atom. The second-order valence-electron chi connectivity index (χ2n) is 8.33. The maximum Gasteiger partial charge on any atom is 0.251 e. The molecule has 2 aromatic carbocycles. The lowest BCUT2D eigenvalue weighted by Gasteiger charge is -2.19. The third-order valence-corrected chi connectivity index (χ3v) is 4.77. The Balaban J connectivity index is 1.69. The van der Waals surface area contributed by atoms with Gasteiger partial charge in [0.15, 0.2) is 0 Å². The van der Waals surface area contributed by atoms with Crippen LogP contribution in [-0.4, -0.2) is 24.4 Å². The first-order valence-corrected chi connectivity index (χ1v) is 9.98. The Morgan fingerprint density at radius 2 is 1.61 bits per heavy atom. The van der Waals surface area contributed by atoms with Crippen molar-refractivity contribution in [3.8, 4) is 0 Å². The van der Waals surface area contributed by atoms with Crippen LogP contribution in [0.2, 0.25) is 0 Å². The summed E-state index contributed by atoms with van der Waals surface area (Å²) in [5.41, 5.74) is 3.13. The van der Waals surface area contributed by atoms with Crippen molar-refractivity contribution in [2.45, 2.75) is 58.4 Å². The van der Waals surface area contributed by atoms with Crippen molar-refractivity contribution in [3.63, 3.8) is 0 Å². The molecule has 0 bridgehead atoms. The van der Waals surface area contributed by atoms with Gasteiger partial charge in [0.2, 0.25) is 5.91 Å². The number of carbonyl (C=O) groups is 2. The Bertz CT molecular complexity index is 761. The van der Waals surface area contributed by atoms with E-state index < -0.39 is 0 Å². The van der Waals surface area contributed by atoms with E-state index in [2.05, 4.69) is 43.5 Å². The molecule has 1 unspecified atom stereocenters. The van der Waals surface area contributed by atoms with Gasteiger partial charge in [-0.2, -0.15) is 0 Å². The molecule has 2 rings (SSSR count). The van der Waals surface area contributed by atoms with E-state index in [9.17, 15) is 9.59 Å². The third-order valence-electron chi connectivity index (χ3n) is 4.77. The van der Waals surface area contributed by atoms with Gasteiger partial charge in [-0.05, 0) is 48.4 Å². The van der Waals surface area contributed by atoms with Crippen molar-refractivity contribution in [1.29, 1.82) is 0 Å². The largest absolute Gasteiger partial charge is 0.354 e. The third kappa shape index (κ3) is 7.18. The quantitative estimate of drug-likeness (QED) is 0.720. The minimum absolute atomic E-state index is 0.0380. The van der Waals surface area contributed by atoms with E-state index >= 15 is 0 Å². The van der Waals surface area contributed by atoms with Crippen LogP contribution in [0.3, 0.4) is 0 Å². The van der Waals surface area contributed by atoms with Crippen LogP contribution in [0, 0.1) is 0 Å². The Kier molecular flexibility index (Phi) is 7.80. The number of hydrogen-bond acceptors (Lipinski definition) is 2. The van der Waals surface area contributed by atoms with E-state index in [1.54, 1.807) is 0 Å². The van der Waals surface area contributed by atoms with Gasteiger partial charge in [0.1, 0.15) is 0 Å². The summed E-state index contributed by atoms with van der Waals surface area (Å²) in [4.78, 5) is 24.3. The summed E-state index contributed by atoms with van der Waals surface area (Å²) < 4.78 is 0. The second-order valence-corrected chi connectivity index (χ2v) is 8.33. The van der Waals surface area contributed by atoms with Crippen molar-refractivity contribution >= 4 is 11.8 Å². The Hall–Kier alpha value is -2.62. The predicted octanol–water partition coefficient (Wildman–Crippen LogP) is 4.24. The van der Waals surface area contributed by atoms with Crippen LogP contribution in [0.15, 0.2) is 54.6 Å². The molecule has 0 heterocycles. The van der Waals surface area contributed by atoms with Gasteiger partial charge < -0.3 is 10.6 Å². The molecule has 150 valence electrons. The first-order valence-electron chi connectivity index (χ1n) is 9.98. The SMILES string of the molecule is CC(CCc1ccccc1)NC(=O)CCNC(=O)c1ccc(C(C)(C)C)cc1. The van der Waals surface area contributed by atoms with Gasteiger partial charge in [0, 0.05) is 24.6 Å². The van der Waals surface area contributed by atoms with Gasteiger partial charge >= 0.3 is 0 Å². The molecule has 0 spiro atoms. The van der Waals surface area contributed by atoms with E-state index in [-0.39, 0.29) is 29.7 Å². The van der Waals surface area contributed by atoms with Gasteiger partial charge in [0.25, 0.3) is 5.91 Å². The zero-order valence-electron chi connectivity index (χ0n) is 17.4. The van der Waals surface area contributed by atoms with E-state index in [4.69, 9.17) is 0 Å². The highest BCUT2D eigenvalue weighted by Gasteiger charge is 2.14. The van der Waals surface area contributed by atoms with Crippen LogP contribution in [-0.2, 0) is 16.6 Å². The van der Waals surface area contributed by atoms with Crippen molar-refractivity contribution in [1.82, 2.24) is 10.6 Å². The molecular formula is C24H32N2O2. The summed E-state index contributed by atoms with van der Waals surface area (Å²) in [5.74, 6) is -0.186. The molecule has 0 aliphatic heterocycles. The fourth-order valence-electron chi connectivity index (χ4n) is 2.96. The van der Waals surface area contributed by atoms with E-state index in [0.717, 1.165) is 12.8 Å². The molecule has 0 aliphatic carbocycles. The molecule has 4 nitrogen and oxygen atoms in total. The molecular weight excluding hydrogens is 348 g/mol. The van der Waals surface area contributed by atoms with Crippen LogP contribution in [0.25, 0.3) is 0 Å². The first kappa shape index (κ1) is 21.7. The monoisotopic (exact) mass is 380 g/mol. The number of rotatable bonds is 8. The summed E-state index contributed by atoms with van der Waals surface area (Å²) in [6.45, 7) is 8.76. The van der Waals surface area contributed by atoms with Crippen LogP contribution < -0.4 is 10.6 Å². The van der Waals surface area contributed by atoms with Crippen molar-refractivity contribution in [2.24, 2.45) is 0 Å². The minimum Gasteiger partial charge on any atom is -0.354 e. The molecule has 0 aromatic heterocycles. The molecule has 2 amide bonds. The lowest BCUT2D eigenvalue weighted by atomic mass is 9.87. The minimum atomic E-state index is -0.148. The fourth-order valence-corrected chi connectivity index (χ4v) is 2.96. The van der Waals surface area contributed by atoms with E-state index in [0.29, 0.717) is 12.1 Å². The summed E-state index contributed by atoms with van der Waals surface area (Å²) in [7, 11) is 0. The number of amides is 2. The molecule has 28 heavy (non-hydrogen) atoms. The molecule has 2 N–H and O–H groups in total. The van der Waals surface area contributed by atoms with Gasteiger partial charge in [-0.15, -0.1) is 0 Å². The van der Waals surface area contributed by atoms with E-state index in [1.807, 2.05) is 49.4 Å². The first-order chi connectivity index (χ1) is 13.3. The summed E-state index contributed by atoms with van der Waals surface area (Å²) in [5, 5.41) is 5.82. The number of hydrogen-bond donors (Lipinski definition) is 2. The maximum absolute atomic E-state index is 12.2. The number of aryl methyl sites for hydroxylation is 1. The lowest BCUT2D eigenvalue weighted by molar-refractivity contribution is -0.121. The molecule has 0 radical (unpaired) electrons. The van der Waals surface area contributed by atoms with Crippen LogP contribution in [0.4, 0.5) is 0 Å². The molecule has 0 fully saturated rings. The van der Waals surface area contributed by atoms with Crippen molar-refractivity contribution in [3.05, 3.63) is 71.3 Å².